The zero-order chi connectivity index (χ0) is 13.0. The van der Waals surface area contributed by atoms with Gasteiger partial charge in [0.1, 0.15) is 0 Å². The van der Waals surface area contributed by atoms with Crippen LogP contribution in [0.1, 0.15) is 46.0 Å². The van der Waals surface area contributed by atoms with E-state index in [1.807, 2.05) is 0 Å². The normalized spacial score (nSPS) is 37.3. The van der Waals surface area contributed by atoms with Gasteiger partial charge in [-0.15, -0.1) is 0 Å². The van der Waals surface area contributed by atoms with Crippen molar-refractivity contribution in [2.75, 3.05) is 26.2 Å². The molecule has 2 rings (SSSR count). The molecular formula is C15H30N2O. The highest BCUT2D eigenvalue weighted by molar-refractivity contribution is 4.88. The maximum Gasteiger partial charge on any atom is 0.0558 e. The lowest BCUT2D eigenvalue weighted by molar-refractivity contribution is 0.0488. The minimum absolute atomic E-state index is 0.294. The molecule has 0 amide bonds. The standard InChI is InChI=1S/C15H30N2O/c1-12-5-3-6-13(2)15(12)17(9-10-18)11-14-7-4-8-16-14/h12-16,18H,3-11H2,1-2H3. The minimum atomic E-state index is 0.294. The van der Waals surface area contributed by atoms with Crippen LogP contribution in [-0.4, -0.2) is 48.3 Å². The lowest BCUT2D eigenvalue weighted by Crippen LogP contribution is -2.51. The quantitative estimate of drug-likeness (QED) is 0.786. The Morgan fingerprint density at radius 1 is 1.11 bits per heavy atom. The zero-order valence-corrected chi connectivity index (χ0v) is 12.1. The van der Waals surface area contributed by atoms with Crippen LogP contribution in [0.4, 0.5) is 0 Å². The van der Waals surface area contributed by atoms with Crippen molar-refractivity contribution < 1.29 is 5.11 Å². The lowest BCUT2D eigenvalue weighted by atomic mass is 9.77. The molecule has 3 unspecified atom stereocenters. The first-order chi connectivity index (χ1) is 8.72. The number of hydrogen-bond donors (Lipinski definition) is 2. The first kappa shape index (κ1) is 14.3. The van der Waals surface area contributed by atoms with Crippen molar-refractivity contribution in [2.45, 2.75) is 58.0 Å². The minimum Gasteiger partial charge on any atom is -0.395 e. The van der Waals surface area contributed by atoms with E-state index in [0.717, 1.165) is 24.9 Å². The molecule has 2 N–H and O–H groups in total. The third-order valence-electron chi connectivity index (χ3n) is 4.91. The van der Waals surface area contributed by atoms with Crippen LogP contribution in [0.25, 0.3) is 0 Å². The summed E-state index contributed by atoms with van der Waals surface area (Å²) in [5.41, 5.74) is 0. The second-order valence-electron chi connectivity index (χ2n) is 6.39. The molecule has 0 aromatic heterocycles. The van der Waals surface area contributed by atoms with Gasteiger partial charge in [-0.1, -0.05) is 20.3 Å². The molecule has 0 bridgehead atoms. The smallest absolute Gasteiger partial charge is 0.0558 e. The number of aliphatic hydroxyl groups excluding tert-OH is 1. The van der Waals surface area contributed by atoms with Crippen LogP contribution >= 0.6 is 0 Å². The topological polar surface area (TPSA) is 35.5 Å². The summed E-state index contributed by atoms with van der Waals surface area (Å²) in [4.78, 5) is 2.57. The van der Waals surface area contributed by atoms with Crippen molar-refractivity contribution >= 4 is 0 Å². The maximum absolute atomic E-state index is 9.35. The monoisotopic (exact) mass is 254 g/mol. The molecule has 1 aliphatic heterocycles. The molecule has 3 heteroatoms. The molecule has 0 radical (unpaired) electrons. The number of rotatable bonds is 5. The molecule has 2 fully saturated rings. The highest BCUT2D eigenvalue weighted by atomic mass is 16.3. The Labute approximate surface area is 112 Å². The van der Waals surface area contributed by atoms with Gasteiger partial charge in [0.2, 0.25) is 0 Å². The van der Waals surface area contributed by atoms with Gasteiger partial charge in [-0.25, -0.2) is 0 Å². The summed E-state index contributed by atoms with van der Waals surface area (Å²) in [6, 6.07) is 1.33. The number of aliphatic hydroxyl groups is 1. The van der Waals surface area contributed by atoms with E-state index < -0.39 is 0 Å². The second kappa shape index (κ2) is 6.88. The Morgan fingerprint density at radius 2 is 1.83 bits per heavy atom. The van der Waals surface area contributed by atoms with Crippen molar-refractivity contribution in [1.82, 2.24) is 10.2 Å². The molecule has 1 saturated heterocycles. The fraction of sp³-hybridized carbons (Fsp3) is 1.00. The van der Waals surface area contributed by atoms with Crippen LogP contribution in [0.15, 0.2) is 0 Å². The molecule has 1 aliphatic carbocycles. The Morgan fingerprint density at radius 3 is 2.39 bits per heavy atom. The summed E-state index contributed by atoms with van der Waals surface area (Å²) >= 11 is 0. The van der Waals surface area contributed by atoms with Gasteiger partial charge in [0.25, 0.3) is 0 Å². The Bertz CT molecular complexity index is 231. The predicted octanol–water partition coefficient (Wildman–Crippen LogP) is 1.86. The molecule has 1 saturated carbocycles. The molecule has 0 aromatic carbocycles. The van der Waals surface area contributed by atoms with E-state index in [1.54, 1.807) is 0 Å². The fourth-order valence-electron chi connectivity index (χ4n) is 4.07. The molecule has 3 nitrogen and oxygen atoms in total. The van der Waals surface area contributed by atoms with Crippen molar-refractivity contribution in [3.05, 3.63) is 0 Å². The predicted molar refractivity (Wildman–Crippen MR) is 75.7 cm³/mol. The second-order valence-corrected chi connectivity index (χ2v) is 6.39. The van der Waals surface area contributed by atoms with Crippen LogP contribution in [0.5, 0.6) is 0 Å². The molecule has 18 heavy (non-hydrogen) atoms. The number of nitrogens with one attached hydrogen (secondary N) is 1. The molecule has 0 aromatic rings. The highest BCUT2D eigenvalue weighted by Crippen LogP contribution is 2.33. The van der Waals surface area contributed by atoms with Gasteiger partial charge in [0, 0.05) is 25.2 Å². The van der Waals surface area contributed by atoms with Crippen molar-refractivity contribution in [3.8, 4) is 0 Å². The first-order valence-corrected chi connectivity index (χ1v) is 7.80. The summed E-state index contributed by atoms with van der Waals surface area (Å²) < 4.78 is 0. The van der Waals surface area contributed by atoms with Gasteiger partial charge in [-0.3, -0.25) is 4.90 Å². The van der Waals surface area contributed by atoms with E-state index in [9.17, 15) is 5.11 Å². The zero-order valence-electron chi connectivity index (χ0n) is 12.1. The maximum atomic E-state index is 9.35. The van der Waals surface area contributed by atoms with Gasteiger partial charge in [0.05, 0.1) is 6.61 Å². The van der Waals surface area contributed by atoms with E-state index in [-0.39, 0.29) is 0 Å². The molecule has 0 spiro atoms. The average molecular weight is 254 g/mol. The number of hydrogen-bond acceptors (Lipinski definition) is 3. The summed E-state index contributed by atoms with van der Waals surface area (Å²) in [6.45, 7) is 8.23. The molecule has 2 aliphatic rings. The van der Waals surface area contributed by atoms with E-state index in [1.165, 1.54) is 38.6 Å². The van der Waals surface area contributed by atoms with Crippen LogP contribution in [0.2, 0.25) is 0 Å². The summed E-state index contributed by atoms with van der Waals surface area (Å²) in [7, 11) is 0. The van der Waals surface area contributed by atoms with Gasteiger partial charge in [0.15, 0.2) is 0 Å². The molecular weight excluding hydrogens is 224 g/mol. The SMILES string of the molecule is CC1CCCC(C)C1N(CCO)CC1CCCN1. The molecule has 1 heterocycles. The highest BCUT2D eigenvalue weighted by Gasteiger charge is 2.33. The number of nitrogens with zero attached hydrogens (tertiary/aromatic N) is 1. The van der Waals surface area contributed by atoms with Crippen LogP contribution < -0.4 is 5.32 Å². The van der Waals surface area contributed by atoms with Gasteiger partial charge >= 0.3 is 0 Å². The van der Waals surface area contributed by atoms with Crippen LogP contribution in [-0.2, 0) is 0 Å². The Hall–Kier alpha value is -0.120. The molecule has 106 valence electrons. The Balaban J connectivity index is 1.97. The van der Waals surface area contributed by atoms with Crippen LogP contribution in [0, 0.1) is 11.8 Å². The average Bonchev–Trinajstić information content (AvgIpc) is 2.82. The van der Waals surface area contributed by atoms with Gasteiger partial charge < -0.3 is 10.4 Å². The van der Waals surface area contributed by atoms with E-state index in [0.29, 0.717) is 18.7 Å². The van der Waals surface area contributed by atoms with E-state index >= 15 is 0 Å². The van der Waals surface area contributed by atoms with Gasteiger partial charge in [-0.2, -0.15) is 0 Å². The largest absolute Gasteiger partial charge is 0.395 e. The van der Waals surface area contributed by atoms with Crippen molar-refractivity contribution in [3.63, 3.8) is 0 Å². The lowest BCUT2D eigenvalue weighted by Gasteiger charge is -2.43. The summed E-state index contributed by atoms with van der Waals surface area (Å²) in [5, 5.41) is 12.9. The fourth-order valence-corrected chi connectivity index (χ4v) is 4.07. The first-order valence-electron chi connectivity index (χ1n) is 7.80. The van der Waals surface area contributed by atoms with Gasteiger partial charge in [-0.05, 0) is 44.1 Å². The Kier molecular flexibility index (Phi) is 5.46. The third-order valence-corrected chi connectivity index (χ3v) is 4.91. The third kappa shape index (κ3) is 3.46. The van der Waals surface area contributed by atoms with E-state index in [4.69, 9.17) is 0 Å². The van der Waals surface area contributed by atoms with Crippen molar-refractivity contribution in [2.24, 2.45) is 11.8 Å². The van der Waals surface area contributed by atoms with Crippen molar-refractivity contribution in [1.29, 1.82) is 0 Å². The summed E-state index contributed by atoms with van der Waals surface area (Å²) in [6.07, 6.45) is 6.71. The molecule has 3 atom stereocenters. The summed E-state index contributed by atoms with van der Waals surface area (Å²) in [5.74, 6) is 1.56. The van der Waals surface area contributed by atoms with E-state index in [2.05, 4.69) is 24.1 Å². The van der Waals surface area contributed by atoms with Crippen LogP contribution in [0.3, 0.4) is 0 Å².